The van der Waals surface area contributed by atoms with Crippen LogP contribution in [0.15, 0.2) is 36.7 Å². The van der Waals surface area contributed by atoms with Gasteiger partial charge >= 0.3 is 5.97 Å². The van der Waals surface area contributed by atoms with Gasteiger partial charge in [-0.1, -0.05) is 31.2 Å². The largest absolute Gasteiger partial charge is 0.481 e. The number of carbonyl (C=O) groups excluding carboxylic acids is 1. The first-order chi connectivity index (χ1) is 15.3. The summed E-state index contributed by atoms with van der Waals surface area (Å²) in [5.74, 6) is -0.396. The summed E-state index contributed by atoms with van der Waals surface area (Å²) in [7, 11) is -3.50. The first-order valence-corrected chi connectivity index (χ1v) is 12.7. The van der Waals surface area contributed by atoms with Crippen molar-refractivity contribution in [1.29, 1.82) is 0 Å². The number of hydrogen-bond acceptors (Lipinski definition) is 7. The molecule has 1 heterocycles. The van der Waals surface area contributed by atoms with Crippen molar-refractivity contribution in [2.75, 3.05) is 23.7 Å². The second-order valence-electron chi connectivity index (χ2n) is 8.30. The number of carboxylic acids is 1. The van der Waals surface area contributed by atoms with Crippen LogP contribution < -0.4 is 4.90 Å². The van der Waals surface area contributed by atoms with E-state index in [0.29, 0.717) is 17.2 Å². The van der Waals surface area contributed by atoms with E-state index in [1.165, 1.54) is 19.2 Å². The van der Waals surface area contributed by atoms with E-state index in [9.17, 15) is 18.0 Å². The minimum absolute atomic E-state index is 0.127. The summed E-state index contributed by atoms with van der Waals surface area (Å²) in [5, 5.41) is 8.66. The van der Waals surface area contributed by atoms with Crippen molar-refractivity contribution < 1.29 is 23.1 Å². The van der Waals surface area contributed by atoms with Crippen molar-refractivity contribution in [2.45, 2.75) is 44.8 Å². The molecule has 1 fully saturated rings. The average Bonchev–Trinajstić information content (AvgIpc) is 3.57. The molecule has 3 rings (SSSR count). The summed E-state index contributed by atoms with van der Waals surface area (Å²) < 4.78 is 24.0. The normalized spacial score (nSPS) is 13.7. The topological polar surface area (TPSA) is 118 Å². The van der Waals surface area contributed by atoms with Gasteiger partial charge in [-0.15, -0.1) is 0 Å². The Kier molecular flexibility index (Phi) is 7.95. The number of sulfone groups is 1. The molecule has 0 bridgehead atoms. The van der Waals surface area contributed by atoms with Crippen molar-refractivity contribution in [3.8, 4) is 0 Å². The lowest BCUT2D eigenvalue weighted by molar-refractivity contribution is -0.136. The third-order valence-corrected chi connectivity index (χ3v) is 6.93. The molecule has 0 aliphatic heterocycles. The van der Waals surface area contributed by atoms with Gasteiger partial charge in [0.05, 0.1) is 17.9 Å². The lowest BCUT2D eigenvalue weighted by Crippen LogP contribution is -2.27. The number of aliphatic carboxylic acids is 1. The number of benzene rings is 1. The molecule has 1 aromatic carbocycles. The van der Waals surface area contributed by atoms with Crippen LogP contribution in [-0.4, -0.2) is 54.1 Å². The Labute approximate surface area is 188 Å². The fourth-order valence-electron chi connectivity index (χ4n) is 3.45. The van der Waals surface area contributed by atoms with E-state index in [1.54, 1.807) is 30.3 Å². The number of hydrogen-bond donors (Lipinski definition) is 1. The molecule has 8 nitrogen and oxygen atoms in total. The third-order valence-electron chi connectivity index (χ3n) is 5.33. The number of carboxylic acid groups (broad SMARTS) is 1. The van der Waals surface area contributed by atoms with Gasteiger partial charge in [0.25, 0.3) is 0 Å². The van der Waals surface area contributed by atoms with Crippen molar-refractivity contribution in [3.63, 3.8) is 0 Å². The van der Waals surface area contributed by atoms with Crippen LogP contribution in [0.25, 0.3) is 0 Å². The van der Waals surface area contributed by atoms with Gasteiger partial charge in [-0.05, 0) is 36.3 Å². The summed E-state index contributed by atoms with van der Waals surface area (Å²) in [4.78, 5) is 34.1. The number of ketones is 1. The van der Waals surface area contributed by atoms with E-state index in [2.05, 4.69) is 21.8 Å². The molecule has 0 atom stereocenters. The van der Waals surface area contributed by atoms with Crippen LogP contribution in [0.2, 0.25) is 0 Å². The SMILES string of the molecule is CCCN(CC1CC1)c1cc(C(=O)Cc2ccc(CS(=O)(=O)CCC(=O)O)cc2)ncn1. The highest BCUT2D eigenvalue weighted by molar-refractivity contribution is 7.90. The van der Waals surface area contributed by atoms with Gasteiger partial charge in [0.1, 0.15) is 17.8 Å². The van der Waals surface area contributed by atoms with Crippen LogP contribution in [0, 0.1) is 5.92 Å². The minimum Gasteiger partial charge on any atom is -0.481 e. The number of nitrogens with zero attached hydrogens (tertiary/aromatic N) is 3. The Bertz CT molecular complexity index is 1050. The van der Waals surface area contributed by atoms with Gasteiger partial charge in [-0.2, -0.15) is 0 Å². The first-order valence-electron chi connectivity index (χ1n) is 10.9. The zero-order valence-electron chi connectivity index (χ0n) is 18.2. The lowest BCUT2D eigenvalue weighted by Gasteiger charge is -2.23. The van der Waals surface area contributed by atoms with Gasteiger partial charge in [0.2, 0.25) is 0 Å². The van der Waals surface area contributed by atoms with Crippen LogP contribution in [0.1, 0.15) is 54.2 Å². The lowest BCUT2D eigenvalue weighted by atomic mass is 10.1. The summed E-state index contributed by atoms with van der Waals surface area (Å²) in [6.45, 7) is 3.96. The van der Waals surface area contributed by atoms with E-state index in [0.717, 1.165) is 30.9 Å². The number of anilines is 1. The van der Waals surface area contributed by atoms with Gasteiger partial charge in [0.15, 0.2) is 15.6 Å². The van der Waals surface area contributed by atoms with Gasteiger partial charge in [-0.3, -0.25) is 9.59 Å². The van der Waals surface area contributed by atoms with E-state index in [1.807, 2.05) is 0 Å². The predicted octanol–water partition coefficient (Wildman–Crippen LogP) is 2.92. The molecule has 1 aliphatic carbocycles. The summed E-state index contributed by atoms with van der Waals surface area (Å²) in [6, 6.07) is 8.51. The molecule has 0 saturated heterocycles. The van der Waals surface area contributed by atoms with Gasteiger partial charge in [-0.25, -0.2) is 18.4 Å². The molecule has 1 aromatic heterocycles. The van der Waals surface area contributed by atoms with Crippen LogP contribution in [0.5, 0.6) is 0 Å². The highest BCUT2D eigenvalue weighted by atomic mass is 32.2. The van der Waals surface area contributed by atoms with E-state index in [4.69, 9.17) is 5.11 Å². The maximum atomic E-state index is 12.8. The van der Waals surface area contributed by atoms with Crippen LogP contribution >= 0.6 is 0 Å². The molecule has 1 saturated carbocycles. The first kappa shape index (κ1) is 23.8. The number of carbonyl (C=O) groups is 2. The van der Waals surface area contributed by atoms with Crippen molar-refractivity contribution in [2.24, 2.45) is 5.92 Å². The van der Waals surface area contributed by atoms with Crippen molar-refractivity contribution in [1.82, 2.24) is 9.97 Å². The Morgan fingerprint density at radius 1 is 1.12 bits per heavy atom. The van der Waals surface area contributed by atoms with E-state index < -0.39 is 28.0 Å². The second kappa shape index (κ2) is 10.7. The molecule has 32 heavy (non-hydrogen) atoms. The smallest absolute Gasteiger partial charge is 0.304 e. The van der Waals surface area contributed by atoms with Crippen molar-refractivity contribution >= 4 is 27.4 Å². The summed E-state index contributed by atoms with van der Waals surface area (Å²) in [5.41, 5.74) is 1.68. The molecule has 0 radical (unpaired) electrons. The molecule has 1 N–H and O–H groups in total. The highest BCUT2D eigenvalue weighted by Gasteiger charge is 2.25. The van der Waals surface area contributed by atoms with Crippen LogP contribution in [-0.2, 0) is 26.8 Å². The molecule has 0 unspecified atom stereocenters. The van der Waals surface area contributed by atoms with E-state index in [-0.39, 0.29) is 18.0 Å². The Morgan fingerprint density at radius 2 is 1.81 bits per heavy atom. The van der Waals surface area contributed by atoms with Gasteiger partial charge < -0.3 is 10.0 Å². The fraction of sp³-hybridized carbons (Fsp3) is 0.478. The number of aromatic nitrogens is 2. The summed E-state index contributed by atoms with van der Waals surface area (Å²) in [6.07, 6.45) is 4.66. The Morgan fingerprint density at radius 3 is 2.44 bits per heavy atom. The standard InChI is InChI=1S/C23H29N3O5S/c1-2-10-26(14-18-5-6-18)22-13-20(24-16-25-22)21(27)12-17-3-7-19(8-4-17)15-32(30,31)11-9-23(28)29/h3-4,7-8,13,16,18H,2,5-6,9-12,14-15H2,1H3,(H,28,29). The van der Waals surface area contributed by atoms with Crippen LogP contribution in [0.4, 0.5) is 5.82 Å². The molecular formula is C23H29N3O5S. The molecule has 1 aliphatic rings. The fourth-order valence-corrected chi connectivity index (χ4v) is 4.78. The monoisotopic (exact) mass is 459 g/mol. The predicted molar refractivity (Wildman–Crippen MR) is 121 cm³/mol. The quantitative estimate of drug-likeness (QED) is 0.454. The second-order valence-corrected chi connectivity index (χ2v) is 10.5. The number of rotatable bonds is 13. The maximum absolute atomic E-state index is 12.8. The molecule has 9 heteroatoms. The Balaban J connectivity index is 1.62. The molecule has 0 amide bonds. The zero-order chi connectivity index (χ0) is 23.1. The zero-order valence-corrected chi connectivity index (χ0v) is 19.1. The maximum Gasteiger partial charge on any atom is 0.304 e. The highest BCUT2D eigenvalue weighted by Crippen LogP contribution is 2.31. The van der Waals surface area contributed by atoms with Crippen LogP contribution in [0.3, 0.4) is 0 Å². The molecule has 2 aromatic rings. The van der Waals surface area contributed by atoms with Gasteiger partial charge in [0, 0.05) is 25.6 Å². The molecular weight excluding hydrogens is 430 g/mol. The third kappa shape index (κ3) is 7.40. The molecule has 172 valence electrons. The van der Waals surface area contributed by atoms with E-state index >= 15 is 0 Å². The Hall–Kier alpha value is -2.81. The van der Waals surface area contributed by atoms with Crippen molar-refractivity contribution in [3.05, 3.63) is 53.5 Å². The average molecular weight is 460 g/mol. The minimum atomic E-state index is -3.50. The summed E-state index contributed by atoms with van der Waals surface area (Å²) >= 11 is 0. The number of Topliss-reactive ketones (excluding diaryl/α,β-unsaturated/α-hetero) is 1. The molecule has 0 spiro atoms.